The van der Waals surface area contributed by atoms with Crippen LogP contribution in [-0.4, -0.2) is 56.1 Å². The number of imidazole rings is 1. The van der Waals surface area contributed by atoms with Crippen molar-refractivity contribution in [3.63, 3.8) is 0 Å². The number of amides is 1. The van der Waals surface area contributed by atoms with E-state index >= 15 is 0 Å². The number of nitrogens with zero attached hydrogens (tertiary/aromatic N) is 8. The molecule has 0 saturated carbocycles. The molecule has 1 atom stereocenters. The maximum atomic E-state index is 13.1. The molecule has 212 valence electrons. The Bertz CT molecular complexity index is 1970. The number of nitrogen functional groups attached to an aromatic ring is 1. The van der Waals surface area contributed by atoms with Crippen LogP contribution in [-0.2, 0) is 18.3 Å². The van der Waals surface area contributed by atoms with Gasteiger partial charge in [-0.05, 0) is 53.8 Å². The van der Waals surface area contributed by atoms with E-state index in [0.717, 1.165) is 22.2 Å². The minimum absolute atomic E-state index is 0.235. The lowest BCUT2D eigenvalue weighted by molar-refractivity contribution is -0.114. The van der Waals surface area contributed by atoms with Gasteiger partial charge >= 0.3 is 0 Å². The van der Waals surface area contributed by atoms with Gasteiger partial charge in [-0.2, -0.15) is 14.9 Å². The number of hydrogen-bond acceptors (Lipinski definition) is 8. The van der Waals surface area contributed by atoms with Crippen LogP contribution in [0.25, 0.3) is 33.9 Å². The van der Waals surface area contributed by atoms with Crippen molar-refractivity contribution in [3.05, 3.63) is 87.3 Å². The first kappa shape index (κ1) is 27.2. The van der Waals surface area contributed by atoms with Gasteiger partial charge in [0.2, 0.25) is 5.91 Å². The number of primary amides is 1. The number of benzene rings is 2. The molecule has 0 unspecified atom stereocenters. The fourth-order valence-electron chi connectivity index (χ4n) is 4.83. The topological polar surface area (TPSA) is 188 Å². The highest BCUT2D eigenvalue weighted by Crippen LogP contribution is 2.34. The Balaban J connectivity index is 1.48. The first-order valence-electron chi connectivity index (χ1n) is 12.7. The van der Waals surface area contributed by atoms with E-state index < -0.39 is 11.8 Å². The number of aromatic nitrogens is 10. The van der Waals surface area contributed by atoms with Crippen LogP contribution < -0.4 is 11.5 Å². The van der Waals surface area contributed by atoms with Crippen molar-refractivity contribution in [2.45, 2.75) is 19.3 Å². The Morgan fingerprint density at radius 1 is 1.19 bits per heavy atom. The molecule has 6 rings (SSSR count). The fraction of sp³-hybridized carbons (Fsp3) is 0.148. The standard InChI is InChI=1S/C27H24Cl2N12O/c1-13-24(29)21(37-40(13)2)10-19(27-32-11-22(34-27)14-3-5-17-20(9-14)35-36-25(17)30)18(26(31)42)8-15-7-16(28)4-6-23(15)41-12-33-38-39-41/h3-9,11-12,19H,10H2,1-2H3,(H2,31,42)(H,32,34)(H3,30,35,36)/t19-/m0/s1. The van der Waals surface area contributed by atoms with Crippen LogP contribution in [0.1, 0.15) is 28.7 Å². The largest absolute Gasteiger partial charge is 0.382 e. The number of aromatic amines is 2. The predicted molar refractivity (Wildman–Crippen MR) is 159 cm³/mol. The number of rotatable bonds is 8. The number of nitrogens with two attached hydrogens (primary N) is 2. The van der Waals surface area contributed by atoms with Crippen molar-refractivity contribution in [2.75, 3.05) is 5.73 Å². The molecular weight excluding hydrogens is 579 g/mol. The Hall–Kier alpha value is -5.01. The van der Waals surface area contributed by atoms with Gasteiger partial charge in [-0.25, -0.2) is 4.98 Å². The van der Waals surface area contributed by atoms with E-state index in [0.29, 0.717) is 44.3 Å². The monoisotopic (exact) mass is 602 g/mol. The van der Waals surface area contributed by atoms with E-state index in [2.05, 4.69) is 40.8 Å². The minimum atomic E-state index is -0.657. The summed E-state index contributed by atoms with van der Waals surface area (Å²) in [5.41, 5.74) is 17.1. The van der Waals surface area contributed by atoms with Gasteiger partial charge in [-0.1, -0.05) is 29.3 Å². The van der Waals surface area contributed by atoms with Crippen LogP contribution in [0, 0.1) is 6.92 Å². The van der Waals surface area contributed by atoms with Crippen LogP contribution in [0.15, 0.2) is 54.5 Å². The maximum Gasteiger partial charge on any atom is 0.245 e. The van der Waals surface area contributed by atoms with E-state index in [-0.39, 0.29) is 12.0 Å². The molecule has 1 amide bonds. The van der Waals surface area contributed by atoms with Crippen molar-refractivity contribution in [3.8, 4) is 16.9 Å². The first-order valence-corrected chi connectivity index (χ1v) is 13.5. The van der Waals surface area contributed by atoms with E-state index in [1.165, 1.54) is 11.0 Å². The van der Waals surface area contributed by atoms with E-state index in [1.54, 1.807) is 42.2 Å². The van der Waals surface area contributed by atoms with Crippen molar-refractivity contribution in [2.24, 2.45) is 12.8 Å². The number of aryl methyl sites for hydroxylation is 1. The fourth-order valence-corrected chi connectivity index (χ4v) is 5.25. The van der Waals surface area contributed by atoms with E-state index in [4.69, 9.17) is 34.7 Å². The molecule has 4 heterocycles. The molecule has 0 spiro atoms. The van der Waals surface area contributed by atoms with Gasteiger partial charge in [0, 0.05) is 40.6 Å². The smallest absolute Gasteiger partial charge is 0.245 e. The zero-order valence-corrected chi connectivity index (χ0v) is 23.9. The minimum Gasteiger partial charge on any atom is -0.382 e. The molecule has 0 aliphatic rings. The zero-order valence-electron chi connectivity index (χ0n) is 22.4. The Labute approximate surface area is 248 Å². The highest BCUT2D eigenvalue weighted by Gasteiger charge is 2.28. The number of halogens is 2. The molecule has 6 aromatic rings. The van der Waals surface area contributed by atoms with Crippen molar-refractivity contribution in [1.82, 2.24) is 50.2 Å². The quantitative estimate of drug-likeness (QED) is 0.189. The summed E-state index contributed by atoms with van der Waals surface area (Å²) in [5.74, 6) is -0.401. The van der Waals surface area contributed by atoms with Crippen molar-refractivity contribution >= 4 is 51.9 Å². The third-order valence-corrected chi connectivity index (χ3v) is 7.84. The van der Waals surface area contributed by atoms with Crippen molar-refractivity contribution < 1.29 is 4.79 Å². The van der Waals surface area contributed by atoms with E-state index in [9.17, 15) is 4.79 Å². The average Bonchev–Trinajstić information content (AvgIpc) is 3.78. The second kappa shape index (κ2) is 10.8. The number of fused-ring (bicyclic) bond motifs is 1. The summed E-state index contributed by atoms with van der Waals surface area (Å²) < 4.78 is 3.16. The van der Waals surface area contributed by atoms with Gasteiger partial charge in [0.05, 0.1) is 45.4 Å². The molecule has 0 fully saturated rings. The van der Waals surface area contributed by atoms with Gasteiger partial charge in [0.25, 0.3) is 0 Å². The molecule has 2 aromatic carbocycles. The molecular formula is C27H24Cl2N12O. The molecule has 0 bridgehead atoms. The van der Waals surface area contributed by atoms with Crippen LogP contribution in [0.4, 0.5) is 5.82 Å². The zero-order chi connectivity index (χ0) is 29.5. The second-order valence-electron chi connectivity index (χ2n) is 9.70. The number of nitrogens with one attached hydrogen (secondary N) is 2. The Morgan fingerprint density at radius 2 is 2.02 bits per heavy atom. The van der Waals surface area contributed by atoms with Crippen LogP contribution >= 0.6 is 23.2 Å². The summed E-state index contributed by atoms with van der Waals surface area (Å²) in [5, 5.41) is 24.8. The molecule has 0 radical (unpaired) electrons. The van der Waals surface area contributed by atoms with E-state index in [1.807, 2.05) is 25.1 Å². The molecule has 15 heteroatoms. The molecule has 6 N–H and O–H groups in total. The summed E-state index contributed by atoms with van der Waals surface area (Å²) in [7, 11) is 1.80. The third kappa shape index (κ3) is 4.99. The molecule has 0 saturated heterocycles. The first-order chi connectivity index (χ1) is 20.2. The summed E-state index contributed by atoms with van der Waals surface area (Å²) >= 11 is 13.0. The van der Waals surface area contributed by atoms with Crippen LogP contribution in [0.5, 0.6) is 0 Å². The summed E-state index contributed by atoms with van der Waals surface area (Å²) in [4.78, 5) is 21.2. The highest BCUT2D eigenvalue weighted by molar-refractivity contribution is 6.32. The normalized spacial score (nSPS) is 12.7. The summed E-state index contributed by atoms with van der Waals surface area (Å²) in [6.45, 7) is 1.87. The van der Waals surface area contributed by atoms with Gasteiger partial charge in [0.15, 0.2) is 5.82 Å². The summed E-state index contributed by atoms with van der Waals surface area (Å²) in [6.07, 6.45) is 5.04. The van der Waals surface area contributed by atoms with Gasteiger partial charge in [0.1, 0.15) is 12.2 Å². The Morgan fingerprint density at radius 3 is 2.74 bits per heavy atom. The van der Waals surface area contributed by atoms with Gasteiger partial charge < -0.3 is 16.5 Å². The van der Waals surface area contributed by atoms with Crippen LogP contribution in [0.3, 0.4) is 0 Å². The Kier molecular flexibility index (Phi) is 6.96. The molecule has 0 aliphatic heterocycles. The second-order valence-corrected chi connectivity index (χ2v) is 10.5. The average molecular weight is 603 g/mol. The third-order valence-electron chi connectivity index (χ3n) is 7.11. The highest BCUT2D eigenvalue weighted by atomic mass is 35.5. The molecule has 4 aromatic heterocycles. The number of tetrazole rings is 1. The number of hydrogen-bond donors (Lipinski definition) is 4. The lowest BCUT2D eigenvalue weighted by Gasteiger charge is -2.17. The van der Waals surface area contributed by atoms with Crippen molar-refractivity contribution in [1.29, 1.82) is 0 Å². The predicted octanol–water partition coefficient (Wildman–Crippen LogP) is 3.75. The number of carbonyl (C=O) groups is 1. The SMILES string of the molecule is Cc1c(Cl)c(C[C@@H](C(=Cc2cc(Cl)ccc2-n2cnnn2)C(N)=O)c2ncc(-c3ccc4c(N)n[nH]c4c3)[nH]2)nn1C. The molecule has 13 nitrogen and oxygen atoms in total. The van der Waals surface area contributed by atoms with Gasteiger partial charge in [-0.3, -0.25) is 14.6 Å². The number of H-pyrrole nitrogens is 2. The molecule has 0 aliphatic carbocycles. The number of carbonyl (C=O) groups excluding carboxylic acids is 1. The lowest BCUT2D eigenvalue weighted by Crippen LogP contribution is -2.22. The maximum absolute atomic E-state index is 13.1. The summed E-state index contributed by atoms with van der Waals surface area (Å²) in [6, 6.07) is 10.9. The molecule has 42 heavy (non-hydrogen) atoms. The van der Waals surface area contributed by atoms with Gasteiger partial charge in [-0.15, -0.1) is 5.10 Å². The number of anilines is 1. The van der Waals surface area contributed by atoms with Crippen LogP contribution in [0.2, 0.25) is 10.0 Å². The lowest BCUT2D eigenvalue weighted by atomic mass is 9.90.